The Labute approximate surface area is 193 Å². The molecule has 3 heterocycles. The Morgan fingerprint density at radius 2 is 2.09 bits per heavy atom. The fourth-order valence-electron chi connectivity index (χ4n) is 4.99. The summed E-state index contributed by atoms with van der Waals surface area (Å²) in [6, 6.07) is 8.02. The van der Waals surface area contributed by atoms with E-state index in [1.54, 1.807) is 11.3 Å². The zero-order valence-electron chi connectivity index (χ0n) is 19.4. The molecule has 0 unspecified atom stereocenters. The van der Waals surface area contributed by atoms with Crippen LogP contribution < -0.4 is 10.9 Å². The van der Waals surface area contributed by atoms with Crippen molar-refractivity contribution in [3.63, 3.8) is 0 Å². The Hall–Kier alpha value is -2.25. The Morgan fingerprint density at radius 1 is 1.28 bits per heavy atom. The SMILES string of the molecule is CC[C@@H]1CCCCN1CCCNC(=O)[C@H](CC)n1nc(C)c2sc3ccccc3c2c1=O. The van der Waals surface area contributed by atoms with Gasteiger partial charge in [0.15, 0.2) is 0 Å². The number of hydrogen-bond donors (Lipinski definition) is 1. The number of aromatic nitrogens is 2. The van der Waals surface area contributed by atoms with E-state index in [1.807, 2.05) is 38.1 Å². The molecule has 0 spiro atoms. The van der Waals surface area contributed by atoms with Crippen molar-refractivity contribution < 1.29 is 4.79 Å². The van der Waals surface area contributed by atoms with E-state index in [0.717, 1.165) is 40.0 Å². The van der Waals surface area contributed by atoms with Gasteiger partial charge < -0.3 is 10.2 Å². The normalized spacial score (nSPS) is 18.3. The molecule has 0 radical (unpaired) electrons. The van der Waals surface area contributed by atoms with Crippen molar-refractivity contribution in [1.82, 2.24) is 20.0 Å². The van der Waals surface area contributed by atoms with Crippen LogP contribution in [0.25, 0.3) is 20.2 Å². The van der Waals surface area contributed by atoms with Crippen molar-refractivity contribution in [2.24, 2.45) is 0 Å². The van der Waals surface area contributed by atoms with Crippen LogP contribution in [0.1, 0.15) is 64.1 Å². The minimum Gasteiger partial charge on any atom is -0.354 e. The largest absolute Gasteiger partial charge is 0.354 e. The van der Waals surface area contributed by atoms with Crippen molar-refractivity contribution in [3.8, 4) is 0 Å². The first-order valence-electron chi connectivity index (χ1n) is 12.0. The number of likely N-dealkylation sites (tertiary alicyclic amines) is 1. The predicted molar refractivity (Wildman–Crippen MR) is 133 cm³/mol. The van der Waals surface area contributed by atoms with E-state index in [2.05, 4.69) is 22.2 Å². The maximum absolute atomic E-state index is 13.4. The number of nitrogens with one attached hydrogen (secondary N) is 1. The van der Waals surface area contributed by atoms with Gasteiger partial charge in [-0.05, 0) is 51.6 Å². The molecule has 7 heteroatoms. The van der Waals surface area contributed by atoms with Gasteiger partial charge in [0.1, 0.15) is 6.04 Å². The van der Waals surface area contributed by atoms with Crippen LogP contribution >= 0.6 is 11.3 Å². The van der Waals surface area contributed by atoms with Gasteiger partial charge in [-0.3, -0.25) is 9.59 Å². The van der Waals surface area contributed by atoms with E-state index in [9.17, 15) is 9.59 Å². The first-order chi connectivity index (χ1) is 15.5. The summed E-state index contributed by atoms with van der Waals surface area (Å²) in [5.41, 5.74) is 0.618. The molecule has 4 rings (SSSR count). The van der Waals surface area contributed by atoms with Crippen molar-refractivity contribution in [2.45, 2.75) is 71.4 Å². The summed E-state index contributed by atoms with van der Waals surface area (Å²) < 4.78 is 3.39. The standard InChI is InChI=1S/C25H34N4O2S/c1-4-18-11-8-9-15-28(18)16-10-14-26-24(30)20(5-2)29-25(31)22-19-12-6-7-13-21(19)32-23(22)17(3)27-29/h6-7,12-13,18,20H,4-5,8-11,14-16H2,1-3H3,(H,26,30)/t18-,20+/m1/s1. The van der Waals surface area contributed by atoms with Crippen molar-refractivity contribution >= 4 is 37.4 Å². The summed E-state index contributed by atoms with van der Waals surface area (Å²) in [6.45, 7) is 8.91. The van der Waals surface area contributed by atoms with E-state index in [-0.39, 0.29) is 11.5 Å². The average Bonchev–Trinajstić information content (AvgIpc) is 3.21. The third-order valence-corrected chi connectivity index (χ3v) is 8.01. The second kappa shape index (κ2) is 10.1. The van der Waals surface area contributed by atoms with E-state index in [0.29, 0.717) is 24.4 Å². The van der Waals surface area contributed by atoms with Crippen molar-refractivity contribution in [1.29, 1.82) is 0 Å². The second-order valence-corrected chi connectivity index (χ2v) is 9.85. The molecule has 172 valence electrons. The molecule has 3 aromatic rings. The molecule has 1 aliphatic heterocycles. The van der Waals surface area contributed by atoms with Gasteiger partial charge in [0.25, 0.3) is 5.56 Å². The molecular weight excluding hydrogens is 420 g/mol. The Bertz CT molecular complexity index is 1150. The van der Waals surface area contributed by atoms with E-state index in [4.69, 9.17) is 0 Å². The van der Waals surface area contributed by atoms with Gasteiger partial charge in [0.05, 0.1) is 15.8 Å². The number of rotatable bonds is 8. The minimum atomic E-state index is -0.595. The van der Waals surface area contributed by atoms with Crippen LogP contribution in [0.3, 0.4) is 0 Å². The first kappa shape index (κ1) is 22.9. The molecule has 1 saturated heterocycles. The summed E-state index contributed by atoms with van der Waals surface area (Å²) >= 11 is 1.59. The summed E-state index contributed by atoms with van der Waals surface area (Å²) in [5.74, 6) is -0.119. The Balaban J connectivity index is 1.48. The van der Waals surface area contributed by atoms with E-state index in [1.165, 1.54) is 30.4 Å². The number of carbonyl (C=O) groups excluding carboxylic acids is 1. The predicted octanol–water partition coefficient (Wildman–Crippen LogP) is 4.64. The molecule has 1 aliphatic rings. The number of carbonyl (C=O) groups is 1. The highest BCUT2D eigenvalue weighted by Crippen LogP contribution is 2.33. The number of thiophene rings is 1. The molecule has 0 bridgehead atoms. The monoisotopic (exact) mass is 454 g/mol. The number of benzene rings is 1. The lowest BCUT2D eigenvalue weighted by atomic mass is 10.00. The summed E-state index contributed by atoms with van der Waals surface area (Å²) in [5, 5.41) is 9.25. The van der Waals surface area contributed by atoms with E-state index < -0.39 is 6.04 Å². The zero-order chi connectivity index (χ0) is 22.7. The van der Waals surface area contributed by atoms with Gasteiger partial charge >= 0.3 is 0 Å². The van der Waals surface area contributed by atoms with Crippen LogP contribution in [0.5, 0.6) is 0 Å². The van der Waals surface area contributed by atoms with Crippen LogP contribution in [0, 0.1) is 6.92 Å². The quantitative estimate of drug-likeness (QED) is 0.504. The fourth-order valence-corrected chi connectivity index (χ4v) is 6.12. The van der Waals surface area contributed by atoms with Crippen LogP contribution in [-0.2, 0) is 4.79 Å². The third-order valence-electron chi connectivity index (χ3n) is 6.73. The minimum absolute atomic E-state index is 0.119. The molecule has 0 saturated carbocycles. The lowest BCUT2D eigenvalue weighted by Gasteiger charge is -2.35. The summed E-state index contributed by atoms with van der Waals surface area (Å²) in [6.07, 6.45) is 6.53. The maximum Gasteiger partial charge on any atom is 0.276 e. The van der Waals surface area contributed by atoms with Gasteiger partial charge in [0, 0.05) is 29.2 Å². The van der Waals surface area contributed by atoms with Crippen molar-refractivity contribution in [3.05, 3.63) is 40.3 Å². The summed E-state index contributed by atoms with van der Waals surface area (Å²) in [7, 11) is 0. The van der Waals surface area contributed by atoms with Gasteiger partial charge in [-0.1, -0.05) is 38.5 Å². The summed E-state index contributed by atoms with van der Waals surface area (Å²) in [4.78, 5) is 29.0. The topological polar surface area (TPSA) is 67.2 Å². The number of nitrogens with zero attached hydrogens (tertiary/aromatic N) is 3. The molecule has 2 atom stereocenters. The Morgan fingerprint density at radius 3 is 2.88 bits per heavy atom. The van der Waals surface area contributed by atoms with E-state index >= 15 is 0 Å². The zero-order valence-corrected chi connectivity index (χ0v) is 20.2. The number of aryl methyl sites for hydroxylation is 1. The fraction of sp³-hybridized carbons (Fsp3) is 0.560. The molecule has 1 N–H and O–H groups in total. The molecule has 2 aromatic heterocycles. The number of hydrogen-bond acceptors (Lipinski definition) is 5. The first-order valence-corrected chi connectivity index (χ1v) is 12.8. The third kappa shape index (κ3) is 4.46. The molecule has 1 amide bonds. The number of fused-ring (bicyclic) bond motifs is 3. The number of amides is 1. The molecule has 0 aliphatic carbocycles. The average molecular weight is 455 g/mol. The van der Waals surface area contributed by atoms with Crippen LogP contribution in [0.15, 0.2) is 29.1 Å². The van der Waals surface area contributed by atoms with Gasteiger partial charge in [0.2, 0.25) is 5.91 Å². The van der Waals surface area contributed by atoms with Crippen molar-refractivity contribution in [2.75, 3.05) is 19.6 Å². The molecule has 32 heavy (non-hydrogen) atoms. The molecule has 6 nitrogen and oxygen atoms in total. The van der Waals surface area contributed by atoms with Crippen LogP contribution in [0.4, 0.5) is 0 Å². The molecule has 1 fully saturated rings. The van der Waals surface area contributed by atoms with Crippen LogP contribution in [-0.4, -0.2) is 46.3 Å². The lowest BCUT2D eigenvalue weighted by molar-refractivity contribution is -0.124. The van der Waals surface area contributed by atoms with Gasteiger partial charge in [-0.2, -0.15) is 5.10 Å². The highest BCUT2D eigenvalue weighted by Gasteiger charge is 2.24. The number of piperidine rings is 1. The van der Waals surface area contributed by atoms with Crippen LogP contribution in [0.2, 0.25) is 0 Å². The Kier molecular flexibility index (Phi) is 7.26. The smallest absolute Gasteiger partial charge is 0.276 e. The molecule has 1 aromatic carbocycles. The molecular formula is C25H34N4O2S. The highest BCUT2D eigenvalue weighted by atomic mass is 32.1. The second-order valence-electron chi connectivity index (χ2n) is 8.80. The highest BCUT2D eigenvalue weighted by molar-refractivity contribution is 7.26. The van der Waals surface area contributed by atoms with Gasteiger partial charge in [-0.15, -0.1) is 11.3 Å². The van der Waals surface area contributed by atoms with Gasteiger partial charge in [-0.25, -0.2) is 4.68 Å². The maximum atomic E-state index is 13.4. The lowest BCUT2D eigenvalue weighted by Crippen LogP contribution is -2.42.